The van der Waals surface area contributed by atoms with E-state index in [1.807, 2.05) is 79.0 Å². The van der Waals surface area contributed by atoms with Crippen LogP contribution in [0.4, 0.5) is 17.6 Å². The first-order chi connectivity index (χ1) is 36.6. The van der Waals surface area contributed by atoms with Crippen molar-refractivity contribution in [1.29, 1.82) is 0 Å². The maximum absolute atomic E-state index is 14.9. The minimum absolute atomic E-state index is 0.00705. The van der Waals surface area contributed by atoms with Crippen molar-refractivity contribution in [1.82, 2.24) is 15.0 Å². The fraction of sp³-hybridized carbons (Fsp3) is 0.0952. The SMILES string of the molecule is [2H]C([2H])([2H])c1cc(-c2ccc(F)cc2F)ncc1CCc1cc(CCc2cnc(-c3ccc(F)cc3F)cc2C([2H])([2H])[2H])cc(-c2ccccc2-c2cnc(-c3ccccc3)cc2-c2ccc(-c3ccccc3)cc2)c1. The van der Waals surface area contributed by atoms with Gasteiger partial charge < -0.3 is 0 Å². The normalized spacial score (nSPS) is 12.9. The molecule has 3 nitrogen and oxygen atoms in total. The van der Waals surface area contributed by atoms with Crippen LogP contribution < -0.4 is 0 Å². The monoisotopic (exact) mass is 927 g/mol. The number of hydrogen-bond donors (Lipinski definition) is 0. The molecule has 0 aliphatic heterocycles. The van der Waals surface area contributed by atoms with Gasteiger partial charge in [-0.05, 0) is 154 Å². The van der Waals surface area contributed by atoms with Crippen LogP contribution >= 0.6 is 0 Å². The molecule has 0 aliphatic rings. The van der Waals surface area contributed by atoms with Gasteiger partial charge in [0.2, 0.25) is 0 Å². The van der Waals surface area contributed by atoms with Gasteiger partial charge >= 0.3 is 0 Å². The van der Waals surface area contributed by atoms with Crippen molar-refractivity contribution < 1.29 is 25.8 Å². The highest BCUT2D eigenvalue weighted by Crippen LogP contribution is 2.41. The van der Waals surface area contributed by atoms with E-state index in [2.05, 4.69) is 70.6 Å². The van der Waals surface area contributed by atoms with E-state index in [1.165, 1.54) is 36.7 Å². The number of hydrogen-bond acceptors (Lipinski definition) is 3. The third-order valence-electron chi connectivity index (χ3n) is 12.6. The molecule has 10 aromatic rings. The van der Waals surface area contributed by atoms with Crippen LogP contribution in [0.3, 0.4) is 0 Å². The van der Waals surface area contributed by atoms with Crippen molar-refractivity contribution in [3.05, 3.63) is 257 Å². The van der Waals surface area contributed by atoms with Gasteiger partial charge in [0.15, 0.2) is 0 Å². The van der Waals surface area contributed by atoms with Crippen LogP contribution in [-0.4, -0.2) is 15.0 Å². The maximum atomic E-state index is 14.9. The molecule has 342 valence electrons. The van der Waals surface area contributed by atoms with Crippen LogP contribution in [0.1, 0.15) is 41.6 Å². The molecule has 0 saturated carbocycles. The summed E-state index contributed by atoms with van der Waals surface area (Å²) < 4.78 is 108. The number of nitrogens with zero attached hydrogens (tertiary/aromatic N) is 3. The molecule has 0 N–H and O–H groups in total. The first-order valence-corrected chi connectivity index (χ1v) is 22.9. The lowest BCUT2D eigenvalue weighted by molar-refractivity contribution is 0.584. The molecule has 0 fully saturated rings. The molecular formula is C63H47F4N3. The Bertz CT molecular complexity index is 3600. The Morgan fingerprint density at radius 2 is 0.829 bits per heavy atom. The van der Waals surface area contributed by atoms with Gasteiger partial charge in [0.05, 0.1) is 17.1 Å². The van der Waals surface area contributed by atoms with Crippen molar-refractivity contribution in [2.75, 3.05) is 0 Å². The Hall–Kier alpha value is -8.29. The van der Waals surface area contributed by atoms with E-state index in [4.69, 9.17) is 13.2 Å². The summed E-state index contributed by atoms with van der Waals surface area (Å²) in [7, 11) is 0. The van der Waals surface area contributed by atoms with E-state index in [0.717, 1.165) is 91.2 Å². The first kappa shape index (κ1) is 38.7. The number of aromatic nitrogens is 3. The summed E-state index contributed by atoms with van der Waals surface area (Å²) in [5.74, 6) is -3.26. The summed E-state index contributed by atoms with van der Waals surface area (Å²) >= 11 is 0. The number of benzene rings is 7. The van der Waals surface area contributed by atoms with Crippen LogP contribution in [0.5, 0.6) is 0 Å². The van der Waals surface area contributed by atoms with E-state index in [-0.39, 0.29) is 46.5 Å². The number of aryl methyl sites for hydroxylation is 6. The zero-order chi connectivity index (χ0) is 53.1. The molecule has 3 aromatic heterocycles. The standard InChI is InChI=1S/C63H47F4N3/c1-40-29-62(55-27-25-51(64)34-59(55)66)68-37-48(40)19-17-42-31-43(18-20-49-38-69-63(30-41(49)2)56-28-26-52(65)35-60(56)67)33-50(32-42)53-15-9-10-16-54(53)58-39-70-61(47-13-7-4-8-14-47)36-57(58)46-23-21-45(22-24-46)44-11-5-3-6-12-44/h3-16,21-39H,17-20H2,1-2H3/i1D3,2D3. The second kappa shape index (κ2) is 20.1. The molecule has 10 rings (SSSR count). The molecule has 0 aliphatic carbocycles. The van der Waals surface area contributed by atoms with Gasteiger partial charge in [-0.25, -0.2) is 17.6 Å². The molecule has 70 heavy (non-hydrogen) atoms. The minimum Gasteiger partial charge on any atom is -0.256 e. The zero-order valence-corrected chi connectivity index (χ0v) is 37.7. The average molecular weight is 928 g/mol. The van der Waals surface area contributed by atoms with Crippen molar-refractivity contribution in [2.45, 2.75) is 39.4 Å². The molecule has 0 spiro atoms. The number of halogens is 4. The summed E-state index contributed by atoms with van der Waals surface area (Å²) in [5.41, 5.74) is 12.0. The highest BCUT2D eigenvalue weighted by molar-refractivity contribution is 5.93. The summed E-state index contributed by atoms with van der Waals surface area (Å²) in [6.07, 6.45) is 5.95. The third-order valence-corrected chi connectivity index (χ3v) is 12.6. The molecule has 0 atom stereocenters. The zero-order valence-electron chi connectivity index (χ0n) is 43.7. The Morgan fingerprint density at radius 1 is 0.343 bits per heavy atom. The van der Waals surface area contributed by atoms with Crippen LogP contribution in [0.25, 0.3) is 78.3 Å². The van der Waals surface area contributed by atoms with Crippen LogP contribution in [0.15, 0.2) is 201 Å². The second-order valence-electron chi connectivity index (χ2n) is 17.2. The second-order valence-corrected chi connectivity index (χ2v) is 17.2. The lowest BCUT2D eigenvalue weighted by Crippen LogP contribution is -2.01. The van der Waals surface area contributed by atoms with Gasteiger partial charge in [-0.15, -0.1) is 0 Å². The highest BCUT2D eigenvalue weighted by Gasteiger charge is 2.18. The van der Waals surface area contributed by atoms with Crippen molar-refractivity contribution in [3.63, 3.8) is 0 Å². The highest BCUT2D eigenvalue weighted by atomic mass is 19.1. The van der Waals surface area contributed by atoms with E-state index >= 15 is 0 Å². The Labute approximate surface area is 414 Å². The fourth-order valence-electron chi connectivity index (χ4n) is 8.94. The molecule has 3 heterocycles. The molecular weight excluding hydrogens is 875 g/mol. The Morgan fingerprint density at radius 3 is 1.37 bits per heavy atom. The molecule has 0 radical (unpaired) electrons. The smallest absolute Gasteiger partial charge is 0.135 e. The molecule has 0 saturated heterocycles. The van der Waals surface area contributed by atoms with Gasteiger partial charge in [0.1, 0.15) is 23.3 Å². The van der Waals surface area contributed by atoms with Crippen LogP contribution in [0, 0.1) is 37.0 Å². The molecule has 0 bridgehead atoms. The van der Waals surface area contributed by atoms with Gasteiger partial charge in [-0.2, -0.15) is 0 Å². The lowest BCUT2D eigenvalue weighted by atomic mass is 9.87. The largest absolute Gasteiger partial charge is 0.256 e. The van der Waals surface area contributed by atoms with E-state index in [1.54, 1.807) is 0 Å². The van der Waals surface area contributed by atoms with Crippen LogP contribution in [0.2, 0.25) is 0 Å². The van der Waals surface area contributed by atoms with Gasteiger partial charge in [0, 0.05) is 61.2 Å². The van der Waals surface area contributed by atoms with Crippen LogP contribution in [-0.2, 0) is 25.7 Å². The summed E-state index contributed by atoms with van der Waals surface area (Å²) in [6, 6.07) is 53.7. The predicted octanol–water partition coefficient (Wildman–Crippen LogP) is 16.3. The number of pyridine rings is 3. The first-order valence-electron chi connectivity index (χ1n) is 25.9. The van der Waals surface area contributed by atoms with Gasteiger partial charge in [0.25, 0.3) is 0 Å². The topological polar surface area (TPSA) is 38.7 Å². The summed E-state index contributed by atoms with van der Waals surface area (Å²) in [6.45, 7) is -5.18. The average Bonchev–Trinajstić information content (AvgIpc) is 3.42. The molecule has 7 aromatic carbocycles. The van der Waals surface area contributed by atoms with Gasteiger partial charge in [-0.1, -0.05) is 127 Å². The van der Waals surface area contributed by atoms with Crippen molar-refractivity contribution in [3.8, 4) is 78.3 Å². The molecule has 0 unspecified atom stereocenters. The van der Waals surface area contributed by atoms with E-state index < -0.39 is 37.0 Å². The van der Waals surface area contributed by atoms with E-state index in [9.17, 15) is 17.6 Å². The maximum Gasteiger partial charge on any atom is 0.135 e. The molecule has 0 amide bonds. The predicted molar refractivity (Wildman–Crippen MR) is 275 cm³/mol. The lowest BCUT2D eigenvalue weighted by Gasteiger charge is -2.18. The minimum atomic E-state index is -2.59. The summed E-state index contributed by atoms with van der Waals surface area (Å²) in [5, 5.41) is 0. The van der Waals surface area contributed by atoms with Crippen molar-refractivity contribution >= 4 is 0 Å². The van der Waals surface area contributed by atoms with E-state index in [0.29, 0.717) is 24.0 Å². The fourth-order valence-corrected chi connectivity index (χ4v) is 8.94. The Balaban J connectivity index is 1.07. The molecule has 7 heteroatoms. The number of rotatable bonds is 13. The quantitative estimate of drug-likeness (QED) is 0.108. The van der Waals surface area contributed by atoms with Crippen molar-refractivity contribution in [2.24, 2.45) is 0 Å². The van der Waals surface area contributed by atoms with Gasteiger partial charge in [-0.3, -0.25) is 15.0 Å². The third kappa shape index (κ3) is 9.97. The summed E-state index contributed by atoms with van der Waals surface area (Å²) in [4.78, 5) is 13.9. The Kier molecular flexibility index (Phi) is 11.1.